The quantitative estimate of drug-likeness (QED) is 0.658. The summed E-state index contributed by atoms with van der Waals surface area (Å²) in [5, 5.41) is 0. The first-order valence-corrected chi connectivity index (χ1v) is 4.18. The van der Waals surface area contributed by atoms with Crippen LogP contribution in [0.25, 0.3) is 0 Å². The molecule has 1 aromatic carbocycles. The second kappa shape index (κ2) is 3.46. The van der Waals surface area contributed by atoms with Crippen molar-refractivity contribution in [3.63, 3.8) is 0 Å². The molecule has 0 radical (unpaired) electrons. The van der Waals surface area contributed by atoms with Crippen LogP contribution in [-0.4, -0.2) is 14.7 Å². The van der Waals surface area contributed by atoms with Gasteiger partial charge in [0.1, 0.15) is 0 Å². The second-order valence-corrected chi connectivity index (χ2v) is 3.00. The average Bonchev–Trinajstić information content (AvgIpc) is 2.04. The Morgan fingerprint density at radius 2 is 2.00 bits per heavy atom. The number of rotatable bonds is 2. The van der Waals surface area contributed by atoms with E-state index in [0.717, 1.165) is 0 Å². The normalized spacial score (nSPS) is 12.4. The molecule has 0 aromatic heterocycles. The predicted octanol–water partition coefficient (Wildman–Crippen LogP) is 0.0235. The van der Waals surface area contributed by atoms with Crippen molar-refractivity contribution in [3.05, 3.63) is 29.8 Å². The minimum Gasteiger partial charge on any atom is -0.768 e. The van der Waals surface area contributed by atoms with Crippen LogP contribution in [0.15, 0.2) is 29.2 Å². The van der Waals surface area contributed by atoms with E-state index >= 15 is 0 Å². The number of carbonyl (C=O) groups is 1. The third-order valence-electron chi connectivity index (χ3n) is 1.33. The zero-order valence-electron chi connectivity index (χ0n) is 6.02. The molecule has 5 heteroatoms. The molecule has 0 fully saturated rings. The zero-order valence-corrected chi connectivity index (χ0v) is 6.84. The fourth-order valence-electron chi connectivity index (χ4n) is 0.816. The topological polar surface area (TPSA) is 83.2 Å². The van der Waals surface area contributed by atoms with Crippen molar-refractivity contribution >= 4 is 17.0 Å². The summed E-state index contributed by atoms with van der Waals surface area (Å²) in [6.45, 7) is 0. The Labute approximate surface area is 71.7 Å². The Kier molecular flexibility index (Phi) is 2.57. The van der Waals surface area contributed by atoms with E-state index in [1.54, 1.807) is 6.07 Å². The fraction of sp³-hybridized carbons (Fsp3) is 0. The van der Waals surface area contributed by atoms with Crippen LogP contribution in [0.5, 0.6) is 0 Å². The molecule has 0 saturated carbocycles. The van der Waals surface area contributed by atoms with Gasteiger partial charge in [0.2, 0.25) is 5.91 Å². The van der Waals surface area contributed by atoms with Crippen molar-refractivity contribution in [1.29, 1.82) is 0 Å². The molecule has 0 saturated heterocycles. The maximum Gasteiger partial charge on any atom is 0.249 e. The van der Waals surface area contributed by atoms with Crippen LogP contribution in [0.2, 0.25) is 0 Å². The summed E-state index contributed by atoms with van der Waals surface area (Å²) in [4.78, 5) is 10.6. The van der Waals surface area contributed by atoms with Gasteiger partial charge in [0, 0.05) is 4.90 Å². The van der Waals surface area contributed by atoms with E-state index in [4.69, 9.17) is 5.73 Å². The third-order valence-corrected chi connectivity index (χ3v) is 2.05. The number of hydrogen-bond donors (Lipinski definition) is 1. The van der Waals surface area contributed by atoms with E-state index in [0.29, 0.717) is 0 Å². The smallest absolute Gasteiger partial charge is 0.249 e. The lowest BCUT2D eigenvalue weighted by molar-refractivity contribution is 0.0997. The van der Waals surface area contributed by atoms with Crippen molar-refractivity contribution in [3.8, 4) is 0 Å². The first kappa shape index (κ1) is 8.89. The van der Waals surface area contributed by atoms with Gasteiger partial charge in [-0.3, -0.25) is 9.00 Å². The molecule has 1 amide bonds. The Hall–Kier alpha value is -1.20. The van der Waals surface area contributed by atoms with Gasteiger partial charge in [0.05, 0.1) is 5.56 Å². The van der Waals surface area contributed by atoms with Crippen molar-refractivity contribution in [2.45, 2.75) is 4.90 Å². The molecule has 64 valence electrons. The summed E-state index contributed by atoms with van der Waals surface area (Å²) in [7, 11) is 0. The Morgan fingerprint density at radius 3 is 2.42 bits per heavy atom. The van der Waals surface area contributed by atoms with Crippen LogP contribution in [0, 0.1) is 0 Å². The van der Waals surface area contributed by atoms with Gasteiger partial charge in [-0.2, -0.15) is 0 Å². The van der Waals surface area contributed by atoms with Gasteiger partial charge in [0.15, 0.2) is 0 Å². The number of nitrogens with two attached hydrogens (primary N) is 1. The number of amides is 1. The Balaban J connectivity index is 3.27. The minimum atomic E-state index is -2.41. The molecule has 0 aliphatic carbocycles. The van der Waals surface area contributed by atoms with Crippen LogP contribution in [0.3, 0.4) is 0 Å². The molecule has 0 bridgehead atoms. The van der Waals surface area contributed by atoms with Gasteiger partial charge in [-0.25, -0.2) is 0 Å². The van der Waals surface area contributed by atoms with Crippen LogP contribution in [0.1, 0.15) is 10.4 Å². The highest BCUT2D eigenvalue weighted by molar-refractivity contribution is 7.79. The summed E-state index contributed by atoms with van der Waals surface area (Å²) >= 11 is -2.41. The number of primary amides is 1. The standard InChI is InChI=1S/C7H7NO3S/c8-7(9)5-3-1-2-4-6(5)12(10)11/h1-4H,(H2,8,9)(H,10,11)/p-1. The first-order chi connectivity index (χ1) is 5.63. The van der Waals surface area contributed by atoms with E-state index in [1.165, 1.54) is 18.2 Å². The summed E-state index contributed by atoms with van der Waals surface area (Å²) in [5.74, 6) is -0.741. The van der Waals surface area contributed by atoms with Crippen LogP contribution < -0.4 is 5.73 Å². The molecule has 0 aliphatic heterocycles. The summed E-state index contributed by atoms with van der Waals surface area (Å²) < 4.78 is 21.0. The highest BCUT2D eigenvalue weighted by atomic mass is 32.2. The molecule has 1 aromatic rings. The zero-order chi connectivity index (χ0) is 9.14. The molecular formula is C7H6NO3S-. The fourth-order valence-corrected chi connectivity index (χ4v) is 1.35. The van der Waals surface area contributed by atoms with Gasteiger partial charge in [0.25, 0.3) is 0 Å². The lowest BCUT2D eigenvalue weighted by Crippen LogP contribution is -2.13. The third kappa shape index (κ3) is 1.69. The minimum absolute atomic E-state index is 0.0193. The lowest BCUT2D eigenvalue weighted by atomic mass is 10.2. The number of carbonyl (C=O) groups excluding carboxylic acids is 1. The lowest BCUT2D eigenvalue weighted by Gasteiger charge is -2.07. The highest BCUT2D eigenvalue weighted by Crippen LogP contribution is 2.10. The summed E-state index contributed by atoms with van der Waals surface area (Å²) in [6.07, 6.45) is 0. The van der Waals surface area contributed by atoms with Gasteiger partial charge >= 0.3 is 0 Å². The molecule has 2 N–H and O–H groups in total. The molecule has 0 aliphatic rings. The second-order valence-electron chi connectivity index (χ2n) is 2.10. The van der Waals surface area contributed by atoms with E-state index in [-0.39, 0.29) is 10.5 Å². The molecule has 1 atom stereocenters. The Morgan fingerprint density at radius 1 is 1.42 bits per heavy atom. The highest BCUT2D eigenvalue weighted by Gasteiger charge is 2.06. The van der Waals surface area contributed by atoms with Crippen LogP contribution in [0.4, 0.5) is 0 Å². The molecule has 1 unspecified atom stereocenters. The van der Waals surface area contributed by atoms with Crippen molar-refractivity contribution < 1.29 is 13.6 Å². The Bertz CT molecular complexity index is 304. The molecule has 4 nitrogen and oxygen atoms in total. The molecular weight excluding hydrogens is 178 g/mol. The summed E-state index contributed by atoms with van der Waals surface area (Å²) in [6, 6.07) is 5.77. The van der Waals surface area contributed by atoms with Gasteiger partial charge in [-0.1, -0.05) is 12.1 Å². The van der Waals surface area contributed by atoms with E-state index in [1.807, 2.05) is 0 Å². The summed E-state index contributed by atoms with van der Waals surface area (Å²) in [5.41, 5.74) is 4.96. The predicted molar refractivity (Wildman–Crippen MR) is 42.1 cm³/mol. The van der Waals surface area contributed by atoms with E-state index < -0.39 is 17.0 Å². The van der Waals surface area contributed by atoms with Gasteiger partial charge in [-0.15, -0.1) is 0 Å². The SMILES string of the molecule is NC(=O)c1ccccc1S(=O)[O-]. The number of hydrogen-bond acceptors (Lipinski definition) is 3. The van der Waals surface area contributed by atoms with Crippen molar-refractivity contribution in [2.24, 2.45) is 5.73 Å². The molecule has 0 spiro atoms. The molecule has 1 rings (SSSR count). The van der Waals surface area contributed by atoms with E-state index in [2.05, 4.69) is 0 Å². The van der Waals surface area contributed by atoms with Crippen LogP contribution in [-0.2, 0) is 11.1 Å². The van der Waals surface area contributed by atoms with Crippen LogP contribution >= 0.6 is 0 Å². The number of benzene rings is 1. The first-order valence-electron chi connectivity index (χ1n) is 3.11. The maximum absolute atomic E-state index is 10.7. The van der Waals surface area contributed by atoms with Gasteiger partial charge < -0.3 is 10.3 Å². The molecule has 0 heterocycles. The largest absolute Gasteiger partial charge is 0.768 e. The molecule has 12 heavy (non-hydrogen) atoms. The maximum atomic E-state index is 10.7. The van der Waals surface area contributed by atoms with Gasteiger partial charge in [-0.05, 0) is 23.2 Å². The van der Waals surface area contributed by atoms with Crippen molar-refractivity contribution in [2.75, 3.05) is 0 Å². The van der Waals surface area contributed by atoms with Crippen molar-refractivity contribution in [1.82, 2.24) is 0 Å². The monoisotopic (exact) mass is 184 g/mol. The van der Waals surface area contributed by atoms with E-state index in [9.17, 15) is 13.6 Å². The average molecular weight is 184 g/mol.